The molecule has 0 saturated carbocycles. The van der Waals surface area contributed by atoms with Crippen molar-refractivity contribution < 1.29 is 19.1 Å². The summed E-state index contributed by atoms with van der Waals surface area (Å²) >= 11 is 0. The number of carbonyl (C=O) groups excluding carboxylic acids is 3. The molecule has 1 saturated heterocycles. The average molecular weight is 499 g/mol. The van der Waals surface area contributed by atoms with Gasteiger partial charge in [0.15, 0.2) is 0 Å². The van der Waals surface area contributed by atoms with Gasteiger partial charge in [-0.3, -0.25) is 14.6 Å². The molecule has 1 aromatic carbocycles. The fraction of sp³-hybridized carbons (Fsp3) is 0.607. The van der Waals surface area contributed by atoms with Crippen LogP contribution in [-0.2, 0) is 14.3 Å². The molecule has 0 radical (unpaired) electrons. The molecule has 8 nitrogen and oxygen atoms in total. The summed E-state index contributed by atoms with van der Waals surface area (Å²) in [7, 11) is 0. The first kappa shape index (κ1) is 27.7. The summed E-state index contributed by atoms with van der Waals surface area (Å²) in [6, 6.07) is 7.28. The summed E-state index contributed by atoms with van der Waals surface area (Å²) in [5.41, 5.74) is 3.22. The Hall–Kier alpha value is -2.87. The van der Waals surface area contributed by atoms with Crippen LogP contribution < -0.4 is 5.32 Å². The molecule has 2 heterocycles. The summed E-state index contributed by atoms with van der Waals surface area (Å²) in [5.74, 6) is 0.113. The number of nitrogens with one attached hydrogen (secondary N) is 1. The minimum Gasteiger partial charge on any atom is -0.463 e. The number of urea groups is 1. The number of esters is 1. The largest absolute Gasteiger partial charge is 0.463 e. The van der Waals surface area contributed by atoms with Crippen LogP contribution in [0.2, 0.25) is 0 Å². The van der Waals surface area contributed by atoms with E-state index in [0.29, 0.717) is 43.4 Å². The van der Waals surface area contributed by atoms with Gasteiger partial charge in [0.05, 0.1) is 18.2 Å². The van der Waals surface area contributed by atoms with Crippen molar-refractivity contribution in [1.29, 1.82) is 0 Å². The number of hydrogen-bond acceptors (Lipinski definition) is 5. The first-order valence-electron chi connectivity index (χ1n) is 13.3. The molecule has 0 spiro atoms. The van der Waals surface area contributed by atoms with E-state index >= 15 is 0 Å². The molecular formula is C28H42N4O4. The molecule has 0 bridgehead atoms. The molecule has 8 heteroatoms. The maximum absolute atomic E-state index is 13.3. The smallest absolute Gasteiger partial charge is 0.338 e. The van der Waals surface area contributed by atoms with Crippen LogP contribution in [0.5, 0.6) is 0 Å². The summed E-state index contributed by atoms with van der Waals surface area (Å²) < 4.78 is 5.50. The van der Waals surface area contributed by atoms with Gasteiger partial charge in [0.1, 0.15) is 0 Å². The lowest BCUT2D eigenvalue weighted by Crippen LogP contribution is -2.51. The van der Waals surface area contributed by atoms with Gasteiger partial charge in [-0.05, 0) is 37.3 Å². The Balaban J connectivity index is 1.97. The van der Waals surface area contributed by atoms with E-state index in [0.717, 1.165) is 25.1 Å². The first-order valence-corrected chi connectivity index (χ1v) is 13.3. The third-order valence-electron chi connectivity index (χ3n) is 6.95. The van der Waals surface area contributed by atoms with Crippen LogP contribution >= 0.6 is 0 Å². The van der Waals surface area contributed by atoms with Gasteiger partial charge in [-0.25, -0.2) is 9.59 Å². The number of likely N-dealkylation sites (N-methyl/N-ethyl adjacent to an activating group) is 1. The summed E-state index contributed by atoms with van der Waals surface area (Å²) in [4.78, 5) is 44.9. The highest BCUT2D eigenvalue weighted by Gasteiger charge is 2.38. The lowest BCUT2D eigenvalue weighted by Gasteiger charge is -2.38. The summed E-state index contributed by atoms with van der Waals surface area (Å²) in [6.07, 6.45) is 0.846. The van der Waals surface area contributed by atoms with Crippen molar-refractivity contribution in [3.63, 3.8) is 0 Å². The second-order valence-corrected chi connectivity index (χ2v) is 10.1. The Morgan fingerprint density at radius 1 is 1.03 bits per heavy atom. The number of carbonyl (C=O) groups is 3. The molecular weight excluding hydrogens is 456 g/mol. The predicted octanol–water partition coefficient (Wildman–Crippen LogP) is 3.90. The molecule has 198 valence electrons. The first-order chi connectivity index (χ1) is 17.2. The molecule has 1 aromatic rings. The molecule has 3 rings (SSSR count). The van der Waals surface area contributed by atoms with Gasteiger partial charge in [-0.15, -0.1) is 0 Å². The number of ether oxygens (including phenoxy) is 1. The molecule has 0 aromatic heterocycles. The highest BCUT2D eigenvalue weighted by Crippen LogP contribution is 2.33. The molecule has 0 aliphatic carbocycles. The lowest BCUT2D eigenvalue weighted by molar-refractivity contribution is -0.139. The van der Waals surface area contributed by atoms with E-state index in [4.69, 9.17) is 4.74 Å². The standard InChI is InChI=1S/C28H42N4O4/c1-7-32-23(18-30-14-9-15-31(17-16-30)26(33)20(5)6)24(27(34)36-8-2)25(29-28(32)35)22-12-10-21(11-13-22)19(3)4/h10-13,19-20,25H,7-9,14-18H2,1-6H3,(H,29,35). The zero-order chi connectivity index (χ0) is 26.4. The zero-order valence-corrected chi connectivity index (χ0v) is 22.7. The minimum absolute atomic E-state index is 0.0323. The van der Waals surface area contributed by atoms with E-state index < -0.39 is 12.0 Å². The van der Waals surface area contributed by atoms with E-state index in [1.807, 2.05) is 37.8 Å². The molecule has 1 atom stereocenters. The molecule has 1 unspecified atom stereocenters. The van der Waals surface area contributed by atoms with Gasteiger partial charge in [-0.2, -0.15) is 0 Å². The molecule has 36 heavy (non-hydrogen) atoms. The number of nitrogens with zero attached hydrogens (tertiary/aromatic N) is 3. The third kappa shape index (κ3) is 6.27. The van der Waals surface area contributed by atoms with Crippen LogP contribution in [0, 0.1) is 5.92 Å². The van der Waals surface area contributed by atoms with Gasteiger partial charge in [0, 0.05) is 50.9 Å². The maximum atomic E-state index is 13.3. The fourth-order valence-electron chi connectivity index (χ4n) is 4.91. The Kier molecular flexibility index (Phi) is 9.54. The van der Waals surface area contributed by atoms with Crippen LogP contribution in [-0.4, -0.2) is 78.5 Å². The van der Waals surface area contributed by atoms with Crippen LogP contribution in [0.3, 0.4) is 0 Å². The Morgan fingerprint density at radius 3 is 2.31 bits per heavy atom. The van der Waals surface area contributed by atoms with Crippen LogP contribution in [0.25, 0.3) is 0 Å². The van der Waals surface area contributed by atoms with E-state index in [1.165, 1.54) is 5.56 Å². The lowest BCUT2D eigenvalue weighted by atomic mass is 9.92. The van der Waals surface area contributed by atoms with Crippen molar-refractivity contribution in [2.75, 3.05) is 45.9 Å². The Morgan fingerprint density at radius 2 is 1.72 bits per heavy atom. The minimum atomic E-state index is -0.582. The molecule has 2 aliphatic rings. The van der Waals surface area contributed by atoms with Gasteiger partial charge in [-0.1, -0.05) is 52.0 Å². The van der Waals surface area contributed by atoms with Crippen LogP contribution in [0.15, 0.2) is 35.5 Å². The Labute approximate surface area is 215 Å². The monoisotopic (exact) mass is 498 g/mol. The van der Waals surface area contributed by atoms with E-state index in [9.17, 15) is 14.4 Å². The number of rotatable bonds is 8. The SMILES string of the molecule is CCOC(=O)C1=C(CN2CCCN(C(=O)C(C)C)CC2)N(CC)C(=O)NC1c1ccc(C(C)C)cc1. The van der Waals surface area contributed by atoms with Crippen molar-refractivity contribution >= 4 is 17.9 Å². The van der Waals surface area contributed by atoms with Crippen molar-refractivity contribution in [2.24, 2.45) is 5.92 Å². The number of amides is 3. The molecule has 2 aliphatic heterocycles. The maximum Gasteiger partial charge on any atom is 0.338 e. The topological polar surface area (TPSA) is 82.2 Å². The summed E-state index contributed by atoms with van der Waals surface area (Å²) in [5, 5.41) is 3.04. The third-order valence-corrected chi connectivity index (χ3v) is 6.95. The zero-order valence-electron chi connectivity index (χ0n) is 22.7. The number of benzene rings is 1. The Bertz CT molecular complexity index is 970. The number of hydrogen-bond donors (Lipinski definition) is 1. The van der Waals surface area contributed by atoms with Crippen LogP contribution in [0.4, 0.5) is 4.79 Å². The van der Waals surface area contributed by atoms with E-state index in [2.05, 4.69) is 36.2 Å². The van der Waals surface area contributed by atoms with E-state index in [1.54, 1.807) is 11.8 Å². The van der Waals surface area contributed by atoms with E-state index in [-0.39, 0.29) is 24.5 Å². The van der Waals surface area contributed by atoms with Gasteiger partial charge < -0.3 is 15.0 Å². The second kappa shape index (κ2) is 12.4. The second-order valence-electron chi connectivity index (χ2n) is 10.1. The van der Waals surface area contributed by atoms with Crippen molar-refractivity contribution in [3.05, 3.63) is 46.7 Å². The van der Waals surface area contributed by atoms with Crippen molar-refractivity contribution in [3.8, 4) is 0 Å². The molecule has 1 fully saturated rings. The highest BCUT2D eigenvalue weighted by atomic mass is 16.5. The highest BCUT2D eigenvalue weighted by molar-refractivity contribution is 5.95. The molecule has 1 N–H and O–H groups in total. The van der Waals surface area contributed by atoms with Gasteiger partial charge in [0.2, 0.25) is 5.91 Å². The quantitative estimate of drug-likeness (QED) is 0.550. The normalized spacial score (nSPS) is 19.6. The summed E-state index contributed by atoms with van der Waals surface area (Å²) in [6.45, 7) is 15.8. The van der Waals surface area contributed by atoms with Gasteiger partial charge >= 0.3 is 12.0 Å². The van der Waals surface area contributed by atoms with Gasteiger partial charge in [0.25, 0.3) is 0 Å². The predicted molar refractivity (Wildman–Crippen MR) is 140 cm³/mol. The van der Waals surface area contributed by atoms with Crippen molar-refractivity contribution in [1.82, 2.24) is 20.0 Å². The molecule has 3 amide bonds. The van der Waals surface area contributed by atoms with Crippen LogP contribution in [0.1, 0.15) is 71.0 Å². The van der Waals surface area contributed by atoms with Crippen molar-refractivity contribution in [2.45, 2.75) is 59.9 Å². The fourth-order valence-corrected chi connectivity index (χ4v) is 4.91. The average Bonchev–Trinajstić information content (AvgIpc) is 3.09.